The van der Waals surface area contributed by atoms with E-state index in [1.54, 1.807) is 6.20 Å². The number of fused-ring (bicyclic) bond motifs is 1. The smallest absolute Gasteiger partial charge is 0.125 e. The van der Waals surface area contributed by atoms with Gasteiger partial charge in [0, 0.05) is 51.0 Å². The summed E-state index contributed by atoms with van der Waals surface area (Å²) >= 11 is 0. The van der Waals surface area contributed by atoms with Gasteiger partial charge in [-0.25, -0.2) is 4.98 Å². The van der Waals surface area contributed by atoms with Gasteiger partial charge in [-0.15, -0.1) is 0 Å². The Bertz CT molecular complexity index is 927. The SMILES string of the molecule is N#Cc1ccccc1CN1Cc2ccnn2CC(CNc2ccccn2)C1. The molecular weight excluding hydrogens is 336 g/mol. The van der Waals surface area contributed by atoms with Crippen LogP contribution in [-0.4, -0.2) is 32.8 Å². The molecule has 27 heavy (non-hydrogen) atoms. The van der Waals surface area contributed by atoms with Crippen LogP contribution < -0.4 is 5.32 Å². The maximum absolute atomic E-state index is 9.39. The Labute approximate surface area is 159 Å². The first-order valence-electron chi connectivity index (χ1n) is 9.18. The Morgan fingerprint density at radius 3 is 2.81 bits per heavy atom. The first-order chi connectivity index (χ1) is 13.3. The molecule has 0 radical (unpaired) electrons. The summed E-state index contributed by atoms with van der Waals surface area (Å²) in [6, 6.07) is 18.1. The summed E-state index contributed by atoms with van der Waals surface area (Å²) in [5, 5.41) is 17.3. The summed E-state index contributed by atoms with van der Waals surface area (Å²) in [6.07, 6.45) is 3.66. The molecule has 1 aromatic carbocycles. The number of anilines is 1. The van der Waals surface area contributed by atoms with Gasteiger partial charge in [0.15, 0.2) is 0 Å². The molecule has 3 heterocycles. The Morgan fingerprint density at radius 1 is 1.07 bits per heavy atom. The first kappa shape index (κ1) is 17.3. The summed E-state index contributed by atoms with van der Waals surface area (Å²) in [6.45, 7) is 4.23. The van der Waals surface area contributed by atoms with Crippen LogP contribution >= 0.6 is 0 Å². The average Bonchev–Trinajstić information content (AvgIpc) is 3.06. The van der Waals surface area contributed by atoms with E-state index in [2.05, 4.69) is 37.1 Å². The molecule has 0 saturated heterocycles. The fourth-order valence-corrected chi connectivity index (χ4v) is 3.59. The van der Waals surface area contributed by atoms with Crippen LogP contribution in [-0.2, 0) is 19.6 Å². The van der Waals surface area contributed by atoms with E-state index in [4.69, 9.17) is 0 Å². The van der Waals surface area contributed by atoms with Gasteiger partial charge in [0.2, 0.25) is 0 Å². The number of nitrogens with zero attached hydrogens (tertiary/aromatic N) is 5. The number of rotatable bonds is 5. The highest BCUT2D eigenvalue weighted by atomic mass is 15.3. The van der Waals surface area contributed by atoms with E-state index in [9.17, 15) is 5.26 Å². The minimum Gasteiger partial charge on any atom is -0.370 e. The summed E-state index contributed by atoms with van der Waals surface area (Å²) in [5.74, 6) is 1.28. The monoisotopic (exact) mass is 358 g/mol. The van der Waals surface area contributed by atoms with Gasteiger partial charge in [0.05, 0.1) is 17.3 Å². The molecule has 1 aliphatic rings. The van der Waals surface area contributed by atoms with Crippen molar-refractivity contribution in [3.8, 4) is 6.07 Å². The van der Waals surface area contributed by atoms with Crippen LogP contribution in [0.1, 0.15) is 16.8 Å². The molecule has 6 nitrogen and oxygen atoms in total. The molecule has 1 N–H and O–H groups in total. The molecule has 0 aliphatic carbocycles. The van der Waals surface area contributed by atoms with Crippen molar-refractivity contribution >= 4 is 5.82 Å². The normalized spacial score (nSPS) is 16.9. The van der Waals surface area contributed by atoms with Crippen molar-refractivity contribution in [1.82, 2.24) is 19.7 Å². The van der Waals surface area contributed by atoms with Crippen LogP contribution in [0.5, 0.6) is 0 Å². The molecule has 0 saturated carbocycles. The molecule has 0 bridgehead atoms. The maximum atomic E-state index is 9.39. The van der Waals surface area contributed by atoms with E-state index < -0.39 is 0 Å². The van der Waals surface area contributed by atoms with Crippen molar-refractivity contribution < 1.29 is 0 Å². The van der Waals surface area contributed by atoms with Crippen LogP contribution in [0.3, 0.4) is 0 Å². The van der Waals surface area contributed by atoms with E-state index in [-0.39, 0.29) is 0 Å². The summed E-state index contributed by atoms with van der Waals surface area (Å²) in [4.78, 5) is 6.75. The second kappa shape index (κ2) is 8.02. The number of nitrogens with one attached hydrogen (secondary N) is 1. The highest BCUT2D eigenvalue weighted by Crippen LogP contribution is 2.20. The summed E-state index contributed by atoms with van der Waals surface area (Å²) in [5.41, 5.74) is 3.03. The minimum atomic E-state index is 0.391. The zero-order chi connectivity index (χ0) is 18.5. The number of hydrogen-bond acceptors (Lipinski definition) is 5. The Hall–Kier alpha value is -3.17. The maximum Gasteiger partial charge on any atom is 0.125 e. The van der Waals surface area contributed by atoms with E-state index in [1.165, 1.54) is 5.69 Å². The standard InChI is InChI=1S/C21H22N6/c22-11-18-5-1-2-6-19(18)15-26-13-17(12-24-21-7-3-4-9-23-21)14-27-20(16-26)8-10-25-27/h1-10,17H,12-16H2,(H,23,24). The van der Waals surface area contributed by atoms with Gasteiger partial charge in [-0.05, 0) is 29.8 Å². The van der Waals surface area contributed by atoms with E-state index in [1.807, 2.05) is 48.7 Å². The Balaban J connectivity index is 1.51. The highest BCUT2D eigenvalue weighted by Gasteiger charge is 2.23. The molecule has 136 valence electrons. The lowest BCUT2D eigenvalue weighted by molar-refractivity contribution is 0.225. The second-order valence-electron chi connectivity index (χ2n) is 6.91. The summed E-state index contributed by atoms with van der Waals surface area (Å²) < 4.78 is 2.10. The number of aromatic nitrogens is 3. The highest BCUT2D eigenvalue weighted by molar-refractivity contribution is 5.37. The van der Waals surface area contributed by atoms with Crippen molar-refractivity contribution in [2.24, 2.45) is 5.92 Å². The summed E-state index contributed by atoms with van der Waals surface area (Å²) in [7, 11) is 0. The molecule has 1 atom stereocenters. The van der Waals surface area contributed by atoms with E-state index in [0.717, 1.165) is 49.7 Å². The molecule has 6 heteroatoms. The Kier molecular flexibility index (Phi) is 5.13. The lowest BCUT2D eigenvalue weighted by Crippen LogP contribution is -2.31. The third-order valence-corrected chi connectivity index (χ3v) is 4.91. The molecule has 0 spiro atoms. The first-order valence-corrected chi connectivity index (χ1v) is 9.18. The van der Waals surface area contributed by atoms with Crippen LogP contribution in [0.2, 0.25) is 0 Å². The number of hydrogen-bond donors (Lipinski definition) is 1. The Morgan fingerprint density at radius 2 is 1.96 bits per heavy atom. The molecular formula is C21H22N6. The molecule has 0 fully saturated rings. The molecule has 3 aromatic rings. The fourth-order valence-electron chi connectivity index (χ4n) is 3.59. The van der Waals surface area contributed by atoms with Crippen LogP contribution in [0.4, 0.5) is 5.82 Å². The number of nitriles is 1. The quantitative estimate of drug-likeness (QED) is 0.759. The minimum absolute atomic E-state index is 0.391. The van der Waals surface area contributed by atoms with Gasteiger partial charge >= 0.3 is 0 Å². The fraction of sp³-hybridized carbons (Fsp3) is 0.286. The van der Waals surface area contributed by atoms with Gasteiger partial charge < -0.3 is 5.32 Å². The zero-order valence-electron chi connectivity index (χ0n) is 15.1. The predicted octanol–water partition coefficient (Wildman–Crippen LogP) is 2.89. The molecule has 1 aliphatic heterocycles. The van der Waals surface area contributed by atoms with Gasteiger partial charge in [-0.3, -0.25) is 9.58 Å². The van der Waals surface area contributed by atoms with E-state index >= 15 is 0 Å². The van der Waals surface area contributed by atoms with Crippen molar-refractivity contribution in [3.05, 3.63) is 77.7 Å². The van der Waals surface area contributed by atoms with Crippen LogP contribution in [0.15, 0.2) is 60.9 Å². The molecule has 2 aromatic heterocycles. The third-order valence-electron chi connectivity index (χ3n) is 4.91. The van der Waals surface area contributed by atoms with Crippen LogP contribution in [0, 0.1) is 17.2 Å². The average molecular weight is 358 g/mol. The van der Waals surface area contributed by atoms with Gasteiger partial charge in [0.25, 0.3) is 0 Å². The lowest BCUT2D eigenvalue weighted by atomic mass is 10.1. The molecule has 4 rings (SSSR count). The third kappa shape index (κ3) is 4.15. The van der Waals surface area contributed by atoms with Crippen molar-refractivity contribution in [2.75, 3.05) is 18.4 Å². The van der Waals surface area contributed by atoms with Crippen LogP contribution in [0.25, 0.3) is 0 Å². The van der Waals surface area contributed by atoms with Gasteiger partial charge in [-0.1, -0.05) is 24.3 Å². The van der Waals surface area contributed by atoms with Crippen molar-refractivity contribution in [2.45, 2.75) is 19.6 Å². The molecule has 0 amide bonds. The van der Waals surface area contributed by atoms with Crippen molar-refractivity contribution in [1.29, 1.82) is 5.26 Å². The number of pyridine rings is 1. The van der Waals surface area contributed by atoms with Crippen molar-refractivity contribution in [3.63, 3.8) is 0 Å². The zero-order valence-corrected chi connectivity index (χ0v) is 15.1. The second-order valence-corrected chi connectivity index (χ2v) is 6.91. The topological polar surface area (TPSA) is 69.8 Å². The largest absolute Gasteiger partial charge is 0.370 e. The van der Waals surface area contributed by atoms with E-state index in [0.29, 0.717) is 5.92 Å². The predicted molar refractivity (Wildman–Crippen MR) is 104 cm³/mol. The molecule has 1 unspecified atom stereocenters. The lowest BCUT2D eigenvalue weighted by Gasteiger charge is -2.24. The van der Waals surface area contributed by atoms with Gasteiger partial charge in [-0.2, -0.15) is 10.4 Å². The van der Waals surface area contributed by atoms with Gasteiger partial charge in [0.1, 0.15) is 5.82 Å². The number of benzene rings is 1.